The maximum atomic E-state index is 11.9. The van der Waals surface area contributed by atoms with E-state index in [-0.39, 0.29) is 5.56 Å². The molecule has 0 spiro atoms. The van der Waals surface area contributed by atoms with Crippen molar-refractivity contribution >= 4 is 21.6 Å². The third-order valence-corrected chi connectivity index (χ3v) is 3.12. The first-order valence-electron chi connectivity index (χ1n) is 4.79. The number of aryl methyl sites for hydroxylation is 1. The Labute approximate surface area is 90.8 Å². The smallest absolute Gasteiger partial charge is 0.271 e. The summed E-state index contributed by atoms with van der Waals surface area (Å²) in [6.07, 6.45) is 1.72. The summed E-state index contributed by atoms with van der Waals surface area (Å²) >= 11 is 1.40. The van der Waals surface area contributed by atoms with Gasteiger partial charge >= 0.3 is 0 Å². The molecule has 0 aliphatic rings. The van der Waals surface area contributed by atoms with Crippen molar-refractivity contribution in [2.24, 2.45) is 0 Å². The third kappa shape index (κ3) is 2.08. The summed E-state index contributed by atoms with van der Waals surface area (Å²) in [5, 5.41) is 11.0. The lowest BCUT2D eigenvalue weighted by molar-refractivity contribution is 0.177. The van der Waals surface area contributed by atoms with Gasteiger partial charge in [-0.3, -0.25) is 9.36 Å². The van der Waals surface area contributed by atoms with Crippen LogP contribution in [0.3, 0.4) is 0 Å². The van der Waals surface area contributed by atoms with E-state index in [0.717, 1.165) is 5.52 Å². The van der Waals surface area contributed by atoms with Crippen molar-refractivity contribution in [2.45, 2.75) is 26.0 Å². The quantitative estimate of drug-likeness (QED) is 0.853. The summed E-state index contributed by atoms with van der Waals surface area (Å²) in [5.74, 6) is 0. The van der Waals surface area contributed by atoms with Crippen LogP contribution in [0.15, 0.2) is 22.6 Å². The number of hydrogen-bond donors (Lipinski definition) is 1. The van der Waals surface area contributed by atoms with Gasteiger partial charge in [-0.2, -0.15) is 0 Å². The van der Waals surface area contributed by atoms with Gasteiger partial charge in [-0.25, -0.2) is 4.98 Å². The second kappa shape index (κ2) is 4.12. The zero-order valence-corrected chi connectivity index (χ0v) is 9.20. The molecule has 1 atom stereocenters. The Morgan fingerprint density at radius 3 is 3.20 bits per heavy atom. The van der Waals surface area contributed by atoms with Gasteiger partial charge < -0.3 is 5.11 Å². The monoisotopic (exact) mass is 224 g/mol. The van der Waals surface area contributed by atoms with Crippen LogP contribution < -0.4 is 5.56 Å². The molecule has 0 bridgehead atoms. The molecule has 2 heterocycles. The number of thiophene rings is 1. The van der Waals surface area contributed by atoms with E-state index in [1.807, 2.05) is 11.4 Å². The molecule has 0 aromatic carbocycles. The highest BCUT2D eigenvalue weighted by molar-refractivity contribution is 7.17. The first-order valence-corrected chi connectivity index (χ1v) is 5.67. The molecule has 0 unspecified atom stereocenters. The molecule has 2 aromatic rings. The first kappa shape index (κ1) is 10.3. The van der Waals surface area contributed by atoms with Gasteiger partial charge in [0.05, 0.1) is 17.9 Å². The third-order valence-electron chi connectivity index (χ3n) is 2.22. The topological polar surface area (TPSA) is 55.1 Å². The lowest BCUT2D eigenvalue weighted by Gasteiger charge is -2.06. The molecule has 0 amide bonds. The van der Waals surface area contributed by atoms with Gasteiger partial charge in [0.2, 0.25) is 0 Å². The highest BCUT2D eigenvalue weighted by atomic mass is 32.1. The zero-order valence-electron chi connectivity index (χ0n) is 8.38. The number of aromatic nitrogens is 2. The van der Waals surface area contributed by atoms with Gasteiger partial charge in [-0.05, 0) is 24.8 Å². The van der Waals surface area contributed by atoms with Crippen LogP contribution in [-0.4, -0.2) is 20.8 Å². The Morgan fingerprint density at radius 2 is 2.47 bits per heavy atom. The summed E-state index contributed by atoms with van der Waals surface area (Å²) in [6.45, 7) is 2.22. The molecule has 80 valence electrons. The summed E-state index contributed by atoms with van der Waals surface area (Å²) in [7, 11) is 0. The molecule has 15 heavy (non-hydrogen) atoms. The molecule has 1 N–H and O–H groups in total. The number of nitrogens with zero attached hydrogens (tertiary/aromatic N) is 2. The van der Waals surface area contributed by atoms with Crippen LogP contribution >= 0.6 is 11.3 Å². The predicted molar refractivity (Wildman–Crippen MR) is 60.2 cm³/mol. The van der Waals surface area contributed by atoms with Gasteiger partial charge in [0.1, 0.15) is 4.70 Å². The van der Waals surface area contributed by atoms with Crippen LogP contribution in [0, 0.1) is 0 Å². The van der Waals surface area contributed by atoms with Gasteiger partial charge in [-0.15, -0.1) is 11.3 Å². The van der Waals surface area contributed by atoms with Gasteiger partial charge in [0.15, 0.2) is 0 Å². The van der Waals surface area contributed by atoms with E-state index in [1.165, 1.54) is 11.3 Å². The van der Waals surface area contributed by atoms with Crippen molar-refractivity contribution in [1.29, 1.82) is 0 Å². The minimum atomic E-state index is -0.393. The van der Waals surface area contributed by atoms with Crippen LogP contribution in [0.5, 0.6) is 0 Å². The molecule has 0 saturated carbocycles. The Bertz CT molecular complexity index is 515. The zero-order chi connectivity index (χ0) is 10.8. The summed E-state index contributed by atoms with van der Waals surface area (Å²) in [6, 6.07) is 1.83. The van der Waals surface area contributed by atoms with Crippen LogP contribution in [0.4, 0.5) is 0 Å². The van der Waals surface area contributed by atoms with E-state index < -0.39 is 6.10 Å². The average molecular weight is 224 g/mol. The Hall–Kier alpha value is -1.20. The molecule has 2 aromatic heterocycles. The standard InChI is InChI=1S/C10H12N2O2S/c1-7(13)2-4-12-6-11-8-3-5-15-9(8)10(12)14/h3,5-7,13H,2,4H2,1H3/t7-/m1/s1. The highest BCUT2D eigenvalue weighted by Gasteiger charge is 2.05. The van der Waals surface area contributed by atoms with Gasteiger partial charge in [-0.1, -0.05) is 0 Å². The Balaban J connectivity index is 2.36. The van der Waals surface area contributed by atoms with Crippen molar-refractivity contribution in [2.75, 3.05) is 0 Å². The Kier molecular flexibility index (Phi) is 2.83. The lowest BCUT2D eigenvalue weighted by Crippen LogP contribution is -2.21. The first-order chi connectivity index (χ1) is 7.18. The Morgan fingerprint density at radius 1 is 1.67 bits per heavy atom. The van der Waals surface area contributed by atoms with Crippen LogP contribution in [0.25, 0.3) is 10.2 Å². The van der Waals surface area contributed by atoms with E-state index in [4.69, 9.17) is 5.11 Å². The van der Waals surface area contributed by atoms with Crippen LogP contribution in [0.2, 0.25) is 0 Å². The SMILES string of the molecule is C[C@@H](O)CCn1cnc2ccsc2c1=O. The van der Waals surface area contributed by atoms with E-state index in [2.05, 4.69) is 4.98 Å². The second-order valence-corrected chi connectivity index (χ2v) is 4.43. The highest BCUT2D eigenvalue weighted by Crippen LogP contribution is 2.13. The van der Waals surface area contributed by atoms with Crippen molar-refractivity contribution in [3.05, 3.63) is 28.1 Å². The fourth-order valence-corrected chi connectivity index (χ4v) is 2.16. The fraction of sp³-hybridized carbons (Fsp3) is 0.400. The van der Waals surface area contributed by atoms with Crippen LogP contribution in [-0.2, 0) is 6.54 Å². The number of aliphatic hydroxyl groups is 1. The normalized spacial score (nSPS) is 13.2. The largest absolute Gasteiger partial charge is 0.393 e. The van der Waals surface area contributed by atoms with Crippen molar-refractivity contribution in [3.63, 3.8) is 0 Å². The molecular formula is C10H12N2O2S. The van der Waals surface area contributed by atoms with E-state index in [1.54, 1.807) is 17.8 Å². The molecule has 4 nitrogen and oxygen atoms in total. The van der Waals surface area contributed by atoms with Gasteiger partial charge in [0, 0.05) is 6.54 Å². The van der Waals surface area contributed by atoms with E-state index >= 15 is 0 Å². The summed E-state index contributed by atoms with van der Waals surface area (Å²) < 4.78 is 2.23. The minimum absolute atomic E-state index is 0.0179. The second-order valence-electron chi connectivity index (χ2n) is 3.52. The minimum Gasteiger partial charge on any atom is -0.393 e. The lowest BCUT2D eigenvalue weighted by atomic mass is 10.3. The van der Waals surface area contributed by atoms with E-state index in [9.17, 15) is 4.79 Å². The molecule has 0 aliphatic heterocycles. The summed E-state index contributed by atoms with van der Waals surface area (Å²) in [4.78, 5) is 16.0. The molecule has 0 aliphatic carbocycles. The average Bonchev–Trinajstić information content (AvgIpc) is 2.65. The molecule has 0 radical (unpaired) electrons. The molecular weight excluding hydrogens is 212 g/mol. The van der Waals surface area contributed by atoms with Crippen molar-refractivity contribution in [3.8, 4) is 0 Å². The molecule has 2 rings (SSSR count). The maximum Gasteiger partial charge on any atom is 0.271 e. The van der Waals surface area contributed by atoms with Crippen LogP contribution in [0.1, 0.15) is 13.3 Å². The predicted octanol–water partition coefficient (Wildman–Crippen LogP) is 1.23. The molecule has 0 saturated heterocycles. The molecule has 0 fully saturated rings. The molecule has 5 heteroatoms. The van der Waals surface area contributed by atoms with Gasteiger partial charge in [0.25, 0.3) is 5.56 Å². The van der Waals surface area contributed by atoms with E-state index in [0.29, 0.717) is 17.7 Å². The number of aliphatic hydroxyl groups excluding tert-OH is 1. The van der Waals surface area contributed by atoms with Crippen molar-refractivity contribution in [1.82, 2.24) is 9.55 Å². The van der Waals surface area contributed by atoms with Crippen molar-refractivity contribution < 1.29 is 5.11 Å². The fourth-order valence-electron chi connectivity index (χ4n) is 1.36. The number of fused-ring (bicyclic) bond motifs is 1. The number of hydrogen-bond acceptors (Lipinski definition) is 4. The maximum absolute atomic E-state index is 11.9. The summed E-state index contributed by atoms with van der Waals surface area (Å²) in [5.41, 5.74) is 0.731. The number of rotatable bonds is 3.